The van der Waals surface area contributed by atoms with Crippen LogP contribution >= 0.6 is 0 Å². The van der Waals surface area contributed by atoms with Crippen molar-refractivity contribution >= 4 is 17.1 Å². The van der Waals surface area contributed by atoms with Gasteiger partial charge in [-0.25, -0.2) is 14.2 Å². The van der Waals surface area contributed by atoms with Gasteiger partial charge in [-0.1, -0.05) is 24.3 Å². The molecule has 0 aliphatic heterocycles. The molecule has 0 radical (unpaired) electrons. The lowest BCUT2D eigenvalue weighted by Crippen LogP contribution is -2.43. The first kappa shape index (κ1) is 31.8. The van der Waals surface area contributed by atoms with Gasteiger partial charge in [-0.2, -0.15) is 26.3 Å². The van der Waals surface area contributed by atoms with Crippen molar-refractivity contribution < 1.29 is 35.5 Å². The molecule has 3 aromatic carbocycles. The predicted molar refractivity (Wildman–Crippen MR) is 147 cm³/mol. The van der Waals surface area contributed by atoms with Crippen LogP contribution < -0.4 is 10.6 Å². The Bertz CT molecular complexity index is 1520. The highest BCUT2D eigenvalue weighted by Gasteiger charge is 2.37. The van der Waals surface area contributed by atoms with Gasteiger partial charge in [0.15, 0.2) is 0 Å². The Morgan fingerprint density at radius 1 is 0.907 bits per heavy atom. The van der Waals surface area contributed by atoms with Gasteiger partial charge in [-0.15, -0.1) is 0 Å². The molecule has 0 aliphatic carbocycles. The molecular formula is C30H30F7N5O. The number of aromatic nitrogens is 2. The average Bonchev–Trinajstić information content (AvgIpc) is 3.30. The molecule has 1 heterocycles. The number of carbonyl (C=O) groups is 1. The Hall–Kier alpha value is -4.13. The fourth-order valence-electron chi connectivity index (χ4n) is 4.54. The Morgan fingerprint density at radius 2 is 1.53 bits per heavy atom. The zero-order chi connectivity index (χ0) is 31.4. The van der Waals surface area contributed by atoms with Crippen molar-refractivity contribution in [2.24, 2.45) is 0 Å². The van der Waals surface area contributed by atoms with Crippen LogP contribution in [0.1, 0.15) is 41.4 Å². The minimum absolute atomic E-state index is 0.0460. The number of imidazole rings is 1. The van der Waals surface area contributed by atoms with E-state index in [0.29, 0.717) is 38.2 Å². The number of fused-ring (bicyclic) bond motifs is 1. The summed E-state index contributed by atoms with van der Waals surface area (Å²) in [5, 5.41) is 5.70. The van der Waals surface area contributed by atoms with Crippen molar-refractivity contribution in [3.63, 3.8) is 0 Å². The van der Waals surface area contributed by atoms with E-state index in [1.54, 1.807) is 19.1 Å². The summed E-state index contributed by atoms with van der Waals surface area (Å²) in [7, 11) is 1.50. The van der Waals surface area contributed by atoms with Crippen LogP contribution in [0, 0.1) is 5.82 Å². The van der Waals surface area contributed by atoms with Crippen LogP contribution in [-0.4, -0.2) is 40.1 Å². The molecule has 1 unspecified atom stereocenters. The maximum absolute atomic E-state index is 13.4. The van der Waals surface area contributed by atoms with E-state index in [-0.39, 0.29) is 23.5 Å². The number of para-hydroxylation sites is 2. The summed E-state index contributed by atoms with van der Waals surface area (Å²) in [6.45, 7) is 2.66. The van der Waals surface area contributed by atoms with E-state index in [2.05, 4.69) is 10.6 Å². The second kappa shape index (κ2) is 13.0. The summed E-state index contributed by atoms with van der Waals surface area (Å²) in [5.41, 5.74) is -0.546. The maximum atomic E-state index is 13.4. The fourth-order valence-corrected chi connectivity index (χ4v) is 4.54. The second-order valence-corrected chi connectivity index (χ2v) is 10.2. The standard InChI is InChI=1S/C30H30F7N5O/c1-19(41(2)28(43)39-16-21-13-22(29(32,33)34)15-23(14-21)30(35,36)37)11-12-38-17-27-40-25-5-3-4-6-26(25)42(27)18-20-7-9-24(31)10-8-20/h3-10,13-15,19,38H,11-12,16-18H2,1-2H3,(H,39,43). The molecule has 6 nitrogen and oxygen atoms in total. The number of alkyl halides is 6. The monoisotopic (exact) mass is 609 g/mol. The van der Waals surface area contributed by atoms with Gasteiger partial charge in [-0.3, -0.25) is 0 Å². The highest BCUT2D eigenvalue weighted by molar-refractivity contribution is 5.76. The van der Waals surface area contributed by atoms with Crippen LogP contribution in [0.15, 0.2) is 66.7 Å². The normalized spacial score (nSPS) is 12.9. The van der Waals surface area contributed by atoms with E-state index >= 15 is 0 Å². The third-order valence-electron chi connectivity index (χ3n) is 7.08. The van der Waals surface area contributed by atoms with E-state index < -0.39 is 36.1 Å². The van der Waals surface area contributed by atoms with Crippen LogP contribution in [0.25, 0.3) is 11.0 Å². The van der Waals surface area contributed by atoms with Crippen molar-refractivity contribution in [3.05, 3.63) is 101 Å². The number of halogens is 7. The van der Waals surface area contributed by atoms with Gasteiger partial charge in [0.2, 0.25) is 0 Å². The smallest absolute Gasteiger partial charge is 0.334 e. The van der Waals surface area contributed by atoms with Crippen LogP contribution in [0.4, 0.5) is 35.5 Å². The van der Waals surface area contributed by atoms with Crippen molar-refractivity contribution in [1.82, 2.24) is 25.1 Å². The highest BCUT2D eigenvalue weighted by Crippen LogP contribution is 2.36. The molecule has 4 aromatic rings. The SMILES string of the molecule is CC(CCNCc1nc2ccccc2n1Cc1ccc(F)cc1)N(C)C(=O)NCc1cc(C(F)(F)F)cc(C(F)(F)F)c1. The third-order valence-corrected chi connectivity index (χ3v) is 7.08. The lowest BCUT2D eigenvalue weighted by molar-refractivity contribution is -0.143. The topological polar surface area (TPSA) is 62.2 Å². The van der Waals surface area contributed by atoms with Crippen LogP contribution in [0.5, 0.6) is 0 Å². The molecule has 0 spiro atoms. The van der Waals surface area contributed by atoms with Crippen molar-refractivity contribution in [3.8, 4) is 0 Å². The summed E-state index contributed by atoms with van der Waals surface area (Å²) in [5.74, 6) is 0.448. The molecule has 0 saturated carbocycles. The number of urea groups is 1. The first-order valence-corrected chi connectivity index (χ1v) is 13.4. The summed E-state index contributed by atoms with van der Waals surface area (Å²) >= 11 is 0. The summed E-state index contributed by atoms with van der Waals surface area (Å²) < 4.78 is 94.2. The summed E-state index contributed by atoms with van der Waals surface area (Å²) in [6.07, 6.45) is -9.43. The predicted octanol–water partition coefficient (Wildman–Crippen LogP) is 6.97. The lowest BCUT2D eigenvalue weighted by atomic mass is 10.0. The fraction of sp³-hybridized carbons (Fsp3) is 0.333. The van der Waals surface area contributed by atoms with Crippen LogP contribution in [-0.2, 0) is 32.0 Å². The van der Waals surface area contributed by atoms with Gasteiger partial charge < -0.3 is 20.1 Å². The Balaban J connectivity index is 1.32. The van der Waals surface area contributed by atoms with E-state index in [9.17, 15) is 35.5 Å². The van der Waals surface area contributed by atoms with E-state index in [1.807, 2.05) is 28.8 Å². The quantitative estimate of drug-likeness (QED) is 0.151. The molecule has 0 aliphatic rings. The van der Waals surface area contributed by atoms with Crippen molar-refractivity contribution in [2.75, 3.05) is 13.6 Å². The van der Waals surface area contributed by atoms with Gasteiger partial charge in [0.05, 0.1) is 28.7 Å². The average molecular weight is 610 g/mol. The molecule has 0 saturated heterocycles. The zero-order valence-corrected chi connectivity index (χ0v) is 23.4. The van der Waals surface area contributed by atoms with E-state index in [1.165, 1.54) is 24.1 Å². The number of benzene rings is 3. The number of hydrogen-bond acceptors (Lipinski definition) is 3. The second-order valence-electron chi connectivity index (χ2n) is 10.2. The Morgan fingerprint density at radius 3 is 2.16 bits per heavy atom. The van der Waals surface area contributed by atoms with Gasteiger partial charge in [-0.05, 0) is 73.5 Å². The molecule has 230 valence electrons. The molecule has 43 heavy (non-hydrogen) atoms. The number of carbonyl (C=O) groups excluding carboxylic acids is 1. The number of rotatable bonds is 10. The molecule has 13 heteroatoms. The number of hydrogen-bond donors (Lipinski definition) is 2. The lowest BCUT2D eigenvalue weighted by Gasteiger charge is -2.25. The Kier molecular flexibility index (Phi) is 9.63. The van der Waals surface area contributed by atoms with Crippen molar-refractivity contribution in [2.45, 2.75) is 51.4 Å². The number of nitrogens with one attached hydrogen (secondary N) is 2. The van der Waals surface area contributed by atoms with Gasteiger partial charge >= 0.3 is 18.4 Å². The van der Waals surface area contributed by atoms with E-state index in [4.69, 9.17) is 4.98 Å². The first-order valence-electron chi connectivity index (χ1n) is 13.4. The molecule has 1 aromatic heterocycles. The minimum atomic E-state index is -4.97. The first-order chi connectivity index (χ1) is 20.2. The van der Waals surface area contributed by atoms with Crippen molar-refractivity contribution in [1.29, 1.82) is 0 Å². The molecule has 2 N–H and O–H groups in total. The number of amides is 2. The molecule has 2 amide bonds. The van der Waals surface area contributed by atoms with Crippen LogP contribution in [0.3, 0.4) is 0 Å². The van der Waals surface area contributed by atoms with Gasteiger partial charge in [0, 0.05) is 26.2 Å². The maximum Gasteiger partial charge on any atom is 0.416 e. The largest absolute Gasteiger partial charge is 0.416 e. The van der Waals surface area contributed by atoms with Gasteiger partial charge in [0.25, 0.3) is 0 Å². The molecule has 0 bridgehead atoms. The summed E-state index contributed by atoms with van der Waals surface area (Å²) in [6, 6.07) is 14.2. The molecular weight excluding hydrogens is 579 g/mol. The Labute approximate surface area is 243 Å². The highest BCUT2D eigenvalue weighted by atomic mass is 19.4. The third kappa shape index (κ3) is 8.25. The minimum Gasteiger partial charge on any atom is -0.334 e. The molecule has 1 atom stereocenters. The molecule has 0 fully saturated rings. The van der Waals surface area contributed by atoms with E-state index in [0.717, 1.165) is 22.4 Å². The van der Waals surface area contributed by atoms with Gasteiger partial charge in [0.1, 0.15) is 11.6 Å². The number of nitrogens with zero attached hydrogens (tertiary/aromatic N) is 3. The zero-order valence-electron chi connectivity index (χ0n) is 23.4. The molecule has 4 rings (SSSR count). The van der Waals surface area contributed by atoms with Crippen LogP contribution in [0.2, 0.25) is 0 Å². The summed E-state index contributed by atoms with van der Waals surface area (Å²) in [4.78, 5) is 18.7.